The largest absolute Gasteiger partial charge is 0.504 e. The van der Waals surface area contributed by atoms with E-state index in [0.717, 1.165) is 63.2 Å². The second-order valence-electron chi connectivity index (χ2n) is 10.4. The molecule has 1 aromatic rings. The van der Waals surface area contributed by atoms with Gasteiger partial charge in [0, 0.05) is 18.2 Å². The molecule has 6 aliphatic rings. The number of nitrogens with zero attached hydrogens (tertiary/aromatic N) is 1. The molecule has 4 fully saturated rings. The highest BCUT2D eigenvalue weighted by molar-refractivity contribution is 5.63. The van der Waals surface area contributed by atoms with Gasteiger partial charge >= 0.3 is 0 Å². The average molecular weight is 383 g/mol. The van der Waals surface area contributed by atoms with E-state index in [9.17, 15) is 10.2 Å². The number of ether oxygens (including phenoxy) is 1. The second kappa shape index (κ2) is 5.05. The molecule has 0 aromatic heterocycles. The van der Waals surface area contributed by atoms with Crippen LogP contribution in [0.25, 0.3) is 0 Å². The van der Waals surface area contributed by atoms with Gasteiger partial charge in [-0.05, 0) is 82.0 Å². The predicted octanol–water partition coefficient (Wildman–Crippen LogP) is 2.08. The summed E-state index contributed by atoms with van der Waals surface area (Å²) >= 11 is 0. The Hall–Kier alpha value is -1.30. The van der Waals surface area contributed by atoms with Gasteiger partial charge in [0.25, 0.3) is 0 Å². The van der Waals surface area contributed by atoms with Crippen LogP contribution < -0.4 is 10.1 Å². The highest BCUT2D eigenvalue weighted by Crippen LogP contribution is 2.67. The highest BCUT2D eigenvalue weighted by Gasteiger charge is 2.75. The first-order valence-corrected chi connectivity index (χ1v) is 11.3. The molecule has 0 unspecified atom stereocenters. The van der Waals surface area contributed by atoms with E-state index in [2.05, 4.69) is 16.3 Å². The smallest absolute Gasteiger partial charge is 0.165 e. The molecule has 2 spiro atoms. The molecule has 5 atom stereocenters. The number of phenols is 1. The van der Waals surface area contributed by atoms with Crippen molar-refractivity contribution in [2.75, 3.05) is 19.6 Å². The maximum Gasteiger partial charge on any atom is 0.165 e. The number of rotatable bonds is 2. The Kier molecular flexibility index (Phi) is 2.98. The van der Waals surface area contributed by atoms with Crippen LogP contribution in [0.4, 0.5) is 0 Å². The molecule has 3 N–H and O–H groups in total. The van der Waals surface area contributed by atoms with Gasteiger partial charge in [0.1, 0.15) is 6.10 Å². The van der Waals surface area contributed by atoms with E-state index in [0.29, 0.717) is 5.75 Å². The number of aliphatic hydroxyl groups is 1. The maximum absolute atomic E-state index is 12.4. The van der Waals surface area contributed by atoms with Crippen LogP contribution in [0, 0.1) is 5.92 Å². The van der Waals surface area contributed by atoms with Gasteiger partial charge in [-0.25, -0.2) is 0 Å². The predicted molar refractivity (Wildman–Crippen MR) is 105 cm³/mol. The van der Waals surface area contributed by atoms with Crippen molar-refractivity contribution in [3.63, 3.8) is 0 Å². The van der Waals surface area contributed by atoms with Gasteiger partial charge in [0.15, 0.2) is 11.5 Å². The summed E-state index contributed by atoms with van der Waals surface area (Å²) in [6.45, 7) is 3.20. The summed E-state index contributed by atoms with van der Waals surface area (Å²) in [6.07, 6.45) is 8.51. The Balaban J connectivity index is 1.45. The molecule has 5 nitrogen and oxygen atoms in total. The zero-order valence-corrected chi connectivity index (χ0v) is 16.4. The van der Waals surface area contributed by atoms with E-state index in [4.69, 9.17) is 4.74 Å². The lowest BCUT2D eigenvalue weighted by atomic mass is 9.46. The third-order valence-electron chi connectivity index (χ3n) is 9.24. The fraction of sp³-hybridized carbons (Fsp3) is 0.739. The minimum Gasteiger partial charge on any atom is -0.504 e. The Morgan fingerprint density at radius 1 is 1.18 bits per heavy atom. The Bertz CT molecular complexity index is 862. The standard InChI is InChI=1S/C23H30N2O3/c26-16-5-4-15-12-17-23(27)8-7-21(6-1-10-24-21)20-22(23,18(15)19(16)28-20)9-11-25(17)13-14-2-3-14/h4-5,14,17,20,24,26-27H,1-3,6-13H2/t17-,20+,21-,22+,23-/m1/s1. The molecule has 0 amide bonds. The van der Waals surface area contributed by atoms with Gasteiger partial charge in [0.05, 0.1) is 16.6 Å². The van der Waals surface area contributed by atoms with Gasteiger partial charge in [-0.2, -0.15) is 0 Å². The Labute approximate surface area is 166 Å². The van der Waals surface area contributed by atoms with Crippen molar-refractivity contribution in [1.29, 1.82) is 0 Å². The van der Waals surface area contributed by atoms with Crippen molar-refractivity contribution < 1.29 is 14.9 Å². The van der Waals surface area contributed by atoms with Gasteiger partial charge in [-0.15, -0.1) is 0 Å². The first kappa shape index (κ1) is 16.5. The summed E-state index contributed by atoms with van der Waals surface area (Å²) < 4.78 is 6.65. The number of hydrogen-bond acceptors (Lipinski definition) is 5. The third-order valence-corrected chi connectivity index (χ3v) is 9.24. The van der Waals surface area contributed by atoms with E-state index >= 15 is 0 Å². The van der Waals surface area contributed by atoms with Crippen LogP contribution >= 0.6 is 0 Å². The molecule has 2 saturated heterocycles. The van der Waals surface area contributed by atoms with Gasteiger partial charge < -0.3 is 20.3 Å². The van der Waals surface area contributed by atoms with Crippen LogP contribution in [0.1, 0.15) is 56.1 Å². The molecule has 28 heavy (non-hydrogen) atoms. The van der Waals surface area contributed by atoms with Crippen LogP contribution in [0.5, 0.6) is 11.5 Å². The lowest BCUT2D eigenvalue weighted by molar-refractivity contribution is -0.204. The Morgan fingerprint density at radius 2 is 2.07 bits per heavy atom. The van der Waals surface area contributed by atoms with E-state index < -0.39 is 5.60 Å². The molecule has 1 aromatic carbocycles. The molecule has 0 radical (unpaired) electrons. The first-order chi connectivity index (χ1) is 13.6. The zero-order chi connectivity index (χ0) is 18.7. The third kappa shape index (κ3) is 1.72. The molecule has 7 rings (SSSR count). The summed E-state index contributed by atoms with van der Waals surface area (Å²) in [6, 6.07) is 4.08. The van der Waals surface area contributed by atoms with Gasteiger partial charge in [0.2, 0.25) is 0 Å². The second-order valence-corrected chi connectivity index (χ2v) is 10.4. The summed E-state index contributed by atoms with van der Waals surface area (Å²) in [5.41, 5.74) is 1.24. The van der Waals surface area contributed by atoms with Crippen LogP contribution in [-0.2, 0) is 11.8 Å². The number of fused-ring (bicyclic) bond motifs is 1. The molecule has 150 valence electrons. The van der Waals surface area contributed by atoms with Crippen molar-refractivity contribution in [3.8, 4) is 11.5 Å². The molecule has 5 heteroatoms. The fourth-order valence-electron chi connectivity index (χ4n) is 7.87. The molecule has 3 aliphatic heterocycles. The van der Waals surface area contributed by atoms with Gasteiger partial charge in [-0.1, -0.05) is 6.07 Å². The summed E-state index contributed by atoms with van der Waals surface area (Å²) in [4.78, 5) is 2.60. The van der Waals surface area contributed by atoms with E-state index in [1.54, 1.807) is 0 Å². The van der Waals surface area contributed by atoms with Crippen LogP contribution in [0.3, 0.4) is 0 Å². The minimum atomic E-state index is -0.758. The van der Waals surface area contributed by atoms with E-state index in [1.165, 1.54) is 24.8 Å². The maximum atomic E-state index is 12.4. The number of phenolic OH excluding ortho intramolecular Hbond substituents is 1. The summed E-state index contributed by atoms with van der Waals surface area (Å²) in [5, 5.41) is 26.9. The molecule has 3 heterocycles. The normalized spacial score (nSPS) is 45.9. The van der Waals surface area contributed by atoms with Crippen LogP contribution in [0.15, 0.2) is 12.1 Å². The van der Waals surface area contributed by atoms with Crippen LogP contribution in [-0.4, -0.2) is 58.0 Å². The van der Waals surface area contributed by atoms with E-state index in [1.807, 2.05) is 6.07 Å². The number of benzene rings is 1. The first-order valence-electron chi connectivity index (χ1n) is 11.3. The molecular weight excluding hydrogens is 352 g/mol. The number of aromatic hydroxyl groups is 1. The molecular formula is C23H30N2O3. The van der Waals surface area contributed by atoms with Crippen LogP contribution in [0.2, 0.25) is 0 Å². The van der Waals surface area contributed by atoms with Crippen molar-refractivity contribution in [1.82, 2.24) is 10.2 Å². The number of likely N-dealkylation sites (tertiary alicyclic amines) is 1. The topological polar surface area (TPSA) is 65.0 Å². The monoisotopic (exact) mass is 382 g/mol. The minimum absolute atomic E-state index is 0.0600. The van der Waals surface area contributed by atoms with Crippen molar-refractivity contribution in [3.05, 3.63) is 23.3 Å². The fourth-order valence-corrected chi connectivity index (χ4v) is 7.87. The summed E-state index contributed by atoms with van der Waals surface area (Å²) in [7, 11) is 0. The summed E-state index contributed by atoms with van der Waals surface area (Å²) in [5.74, 6) is 1.75. The molecule has 2 saturated carbocycles. The lowest BCUT2D eigenvalue weighted by Gasteiger charge is -2.66. The number of hydrogen-bond donors (Lipinski definition) is 3. The van der Waals surface area contributed by atoms with E-state index in [-0.39, 0.29) is 28.8 Å². The van der Waals surface area contributed by atoms with Gasteiger partial charge in [-0.3, -0.25) is 4.90 Å². The Morgan fingerprint density at radius 3 is 2.86 bits per heavy atom. The SMILES string of the molecule is Oc1ccc2c3c1O[C@H]1[C@@]4(CCCN4)CC[C@@]4(O)[C@@H](C2)N(CC2CC2)CC[C@]314. The zero-order valence-electron chi connectivity index (χ0n) is 16.4. The highest BCUT2D eigenvalue weighted by atomic mass is 16.5. The average Bonchev–Trinajstić information content (AvgIpc) is 3.23. The van der Waals surface area contributed by atoms with Crippen molar-refractivity contribution >= 4 is 0 Å². The molecule has 2 bridgehead atoms. The number of piperidine rings is 1. The van der Waals surface area contributed by atoms with Crippen molar-refractivity contribution in [2.45, 2.75) is 80.1 Å². The number of nitrogens with one attached hydrogen (secondary N) is 1. The quantitative estimate of drug-likeness (QED) is 0.731. The molecule has 3 aliphatic carbocycles. The lowest BCUT2D eigenvalue weighted by Crippen LogP contribution is -2.80. The van der Waals surface area contributed by atoms with Crippen molar-refractivity contribution in [2.24, 2.45) is 5.92 Å².